The molecule has 0 aliphatic heterocycles. The zero-order valence-corrected chi connectivity index (χ0v) is 12.0. The molecule has 2 N–H and O–H groups in total. The number of aromatic nitrogens is 1. The molecule has 0 unspecified atom stereocenters. The number of fused-ring (bicyclic) bond motifs is 1. The van der Waals surface area contributed by atoms with Crippen molar-refractivity contribution in [3.05, 3.63) is 66.4 Å². The lowest BCUT2D eigenvalue weighted by atomic mass is 10.1. The Bertz CT molecular complexity index is 704. The zero-order chi connectivity index (χ0) is 14.5. The maximum Gasteiger partial charge on any atom is 0.119 e. The van der Waals surface area contributed by atoms with Crippen molar-refractivity contribution >= 4 is 10.9 Å². The summed E-state index contributed by atoms with van der Waals surface area (Å²) < 4.78 is 7.98. The van der Waals surface area contributed by atoms with Crippen LogP contribution in [0.5, 0.6) is 5.75 Å². The van der Waals surface area contributed by atoms with Crippen LogP contribution in [0.25, 0.3) is 10.9 Å². The molecule has 3 aromatic rings. The molecule has 0 bridgehead atoms. The summed E-state index contributed by atoms with van der Waals surface area (Å²) >= 11 is 0. The van der Waals surface area contributed by atoms with Crippen molar-refractivity contribution in [1.29, 1.82) is 0 Å². The highest BCUT2D eigenvalue weighted by Crippen LogP contribution is 2.18. The topological polar surface area (TPSA) is 40.2 Å². The summed E-state index contributed by atoms with van der Waals surface area (Å²) in [7, 11) is 0. The van der Waals surface area contributed by atoms with Crippen LogP contribution in [0.15, 0.2) is 60.8 Å². The van der Waals surface area contributed by atoms with E-state index in [9.17, 15) is 0 Å². The molecule has 108 valence electrons. The second-order valence-corrected chi connectivity index (χ2v) is 5.10. The molecule has 0 spiro atoms. The lowest BCUT2D eigenvalue weighted by Crippen LogP contribution is -2.07. The largest absolute Gasteiger partial charge is 0.492 e. The van der Waals surface area contributed by atoms with Gasteiger partial charge in [0.25, 0.3) is 0 Å². The number of nitrogens with two attached hydrogens (primary N) is 1. The van der Waals surface area contributed by atoms with Crippen molar-refractivity contribution in [3.8, 4) is 5.75 Å². The molecule has 0 saturated heterocycles. The first-order chi connectivity index (χ1) is 10.4. The van der Waals surface area contributed by atoms with Gasteiger partial charge in [-0.25, -0.2) is 0 Å². The van der Waals surface area contributed by atoms with Crippen LogP contribution in [0.4, 0.5) is 0 Å². The lowest BCUT2D eigenvalue weighted by Gasteiger charge is -2.08. The summed E-state index contributed by atoms with van der Waals surface area (Å²) in [6, 6.07) is 18.6. The second-order valence-electron chi connectivity index (χ2n) is 5.10. The van der Waals surface area contributed by atoms with E-state index in [1.165, 1.54) is 16.5 Å². The van der Waals surface area contributed by atoms with Crippen LogP contribution in [0.1, 0.15) is 5.56 Å². The van der Waals surface area contributed by atoms with E-state index in [1.807, 2.05) is 30.3 Å². The predicted octanol–water partition coefficient (Wildman–Crippen LogP) is 3.22. The van der Waals surface area contributed by atoms with Crippen LogP contribution in [-0.4, -0.2) is 17.7 Å². The molecule has 0 radical (unpaired) electrons. The monoisotopic (exact) mass is 280 g/mol. The van der Waals surface area contributed by atoms with Crippen LogP contribution in [0.3, 0.4) is 0 Å². The van der Waals surface area contributed by atoms with E-state index in [0.29, 0.717) is 13.2 Å². The molecular formula is C18H20N2O. The van der Waals surface area contributed by atoms with E-state index in [2.05, 4.69) is 35.0 Å². The standard InChI is InChI=1S/C18H20N2O/c19-10-8-15-6-7-18-16(14-15)9-11-20(18)12-13-21-17-4-2-1-3-5-17/h1-7,9,11,14H,8,10,12-13,19H2. The van der Waals surface area contributed by atoms with E-state index in [1.54, 1.807) is 0 Å². The Morgan fingerprint density at radius 3 is 2.67 bits per heavy atom. The molecule has 0 fully saturated rings. The molecule has 2 aromatic carbocycles. The Morgan fingerprint density at radius 1 is 1.00 bits per heavy atom. The molecule has 3 rings (SSSR count). The maximum absolute atomic E-state index is 5.75. The molecule has 1 aromatic heterocycles. The van der Waals surface area contributed by atoms with Gasteiger partial charge in [-0.2, -0.15) is 0 Å². The van der Waals surface area contributed by atoms with Crippen molar-refractivity contribution < 1.29 is 4.74 Å². The van der Waals surface area contributed by atoms with Crippen LogP contribution in [0.2, 0.25) is 0 Å². The third-order valence-electron chi connectivity index (χ3n) is 3.61. The first kappa shape index (κ1) is 13.7. The summed E-state index contributed by atoms with van der Waals surface area (Å²) in [6.07, 6.45) is 3.05. The number of nitrogens with zero attached hydrogens (tertiary/aromatic N) is 1. The average Bonchev–Trinajstić information content (AvgIpc) is 2.91. The third-order valence-corrected chi connectivity index (χ3v) is 3.61. The van der Waals surface area contributed by atoms with E-state index in [0.717, 1.165) is 18.7 Å². The average molecular weight is 280 g/mol. The normalized spacial score (nSPS) is 10.9. The number of hydrogen-bond donors (Lipinski definition) is 1. The number of rotatable bonds is 6. The fourth-order valence-corrected chi connectivity index (χ4v) is 2.55. The molecule has 1 heterocycles. The molecule has 0 saturated carbocycles. The Morgan fingerprint density at radius 2 is 1.86 bits per heavy atom. The van der Waals surface area contributed by atoms with E-state index in [-0.39, 0.29) is 0 Å². The highest BCUT2D eigenvalue weighted by molar-refractivity contribution is 5.80. The number of benzene rings is 2. The molecule has 3 heteroatoms. The van der Waals surface area contributed by atoms with Crippen molar-refractivity contribution in [2.24, 2.45) is 5.73 Å². The molecule has 0 aliphatic rings. The zero-order valence-electron chi connectivity index (χ0n) is 12.0. The second kappa shape index (κ2) is 6.46. The van der Waals surface area contributed by atoms with Gasteiger partial charge < -0.3 is 15.0 Å². The van der Waals surface area contributed by atoms with Crippen LogP contribution >= 0.6 is 0 Å². The summed E-state index contributed by atoms with van der Waals surface area (Å²) in [5.74, 6) is 0.916. The summed E-state index contributed by atoms with van der Waals surface area (Å²) in [6.45, 7) is 2.20. The van der Waals surface area contributed by atoms with Crippen molar-refractivity contribution in [2.75, 3.05) is 13.2 Å². The van der Waals surface area contributed by atoms with Gasteiger partial charge in [0, 0.05) is 11.7 Å². The minimum atomic E-state index is 0.665. The predicted molar refractivity (Wildman–Crippen MR) is 86.6 cm³/mol. The van der Waals surface area contributed by atoms with Crippen LogP contribution < -0.4 is 10.5 Å². The van der Waals surface area contributed by atoms with E-state index < -0.39 is 0 Å². The highest BCUT2D eigenvalue weighted by Gasteiger charge is 2.02. The van der Waals surface area contributed by atoms with Gasteiger partial charge in [-0.15, -0.1) is 0 Å². The fraction of sp³-hybridized carbons (Fsp3) is 0.222. The lowest BCUT2D eigenvalue weighted by molar-refractivity contribution is 0.300. The summed E-state index contributed by atoms with van der Waals surface area (Å²) in [5.41, 5.74) is 8.15. The fourth-order valence-electron chi connectivity index (χ4n) is 2.55. The van der Waals surface area contributed by atoms with Gasteiger partial charge in [-0.05, 0) is 54.2 Å². The SMILES string of the molecule is NCCc1ccc2c(ccn2CCOc2ccccc2)c1. The van der Waals surface area contributed by atoms with Gasteiger partial charge in [-0.1, -0.05) is 24.3 Å². The van der Waals surface area contributed by atoms with Gasteiger partial charge in [-0.3, -0.25) is 0 Å². The quantitative estimate of drug-likeness (QED) is 0.753. The first-order valence-corrected chi connectivity index (χ1v) is 7.32. The molecular weight excluding hydrogens is 260 g/mol. The Balaban J connectivity index is 1.67. The summed E-state index contributed by atoms with van der Waals surface area (Å²) in [4.78, 5) is 0. The number of ether oxygens (including phenoxy) is 1. The van der Waals surface area contributed by atoms with Gasteiger partial charge in [0.15, 0.2) is 0 Å². The Hall–Kier alpha value is -2.26. The van der Waals surface area contributed by atoms with Gasteiger partial charge in [0.2, 0.25) is 0 Å². The smallest absolute Gasteiger partial charge is 0.119 e. The van der Waals surface area contributed by atoms with E-state index in [4.69, 9.17) is 10.5 Å². The minimum Gasteiger partial charge on any atom is -0.492 e. The van der Waals surface area contributed by atoms with Crippen molar-refractivity contribution in [1.82, 2.24) is 4.57 Å². The molecule has 0 amide bonds. The van der Waals surface area contributed by atoms with Gasteiger partial charge in [0.1, 0.15) is 12.4 Å². The molecule has 0 atom stereocenters. The minimum absolute atomic E-state index is 0.665. The van der Waals surface area contributed by atoms with Gasteiger partial charge >= 0.3 is 0 Å². The summed E-state index contributed by atoms with van der Waals surface area (Å²) in [5, 5.41) is 1.26. The molecule has 3 nitrogen and oxygen atoms in total. The highest BCUT2D eigenvalue weighted by atomic mass is 16.5. The first-order valence-electron chi connectivity index (χ1n) is 7.32. The molecule has 21 heavy (non-hydrogen) atoms. The Labute approximate surface area is 125 Å². The van der Waals surface area contributed by atoms with Crippen molar-refractivity contribution in [2.45, 2.75) is 13.0 Å². The molecule has 0 aliphatic carbocycles. The maximum atomic E-state index is 5.75. The number of hydrogen-bond acceptors (Lipinski definition) is 2. The number of para-hydroxylation sites is 1. The van der Waals surface area contributed by atoms with Crippen LogP contribution in [0, 0.1) is 0 Å². The van der Waals surface area contributed by atoms with Gasteiger partial charge in [0.05, 0.1) is 6.54 Å². The van der Waals surface area contributed by atoms with Crippen molar-refractivity contribution in [3.63, 3.8) is 0 Å². The van der Waals surface area contributed by atoms with Crippen LogP contribution in [-0.2, 0) is 13.0 Å². The van der Waals surface area contributed by atoms with E-state index >= 15 is 0 Å². The Kier molecular flexibility index (Phi) is 4.22. The third kappa shape index (κ3) is 3.26.